The van der Waals surface area contributed by atoms with Crippen LogP contribution in [-0.2, 0) is 6.61 Å². The number of thiazole rings is 1. The maximum atomic E-state index is 13.1. The molecule has 0 N–H and O–H groups in total. The summed E-state index contributed by atoms with van der Waals surface area (Å²) >= 11 is 4.95. The molecule has 2 heterocycles. The van der Waals surface area contributed by atoms with Gasteiger partial charge in [-0.3, -0.25) is 4.79 Å². The number of hydrogen-bond donors (Lipinski definition) is 0. The van der Waals surface area contributed by atoms with Gasteiger partial charge in [0, 0.05) is 10.0 Å². The van der Waals surface area contributed by atoms with E-state index in [0.717, 1.165) is 26.6 Å². The molecular formula is C26H18BrN3O3S. The third-order valence-corrected chi connectivity index (χ3v) is 6.97. The molecule has 34 heavy (non-hydrogen) atoms. The molecule has 0 saturated carbocycles. The van der Waals surface area contributed by atoms with Crippen LogP contribution in [0.4, 0.5) is 0 Å². The van der Waals surface area contributed by atoms with Crippen molar-refractivity contribution in [3.05, 3.63) is 96.7 Å². The Hall–Kier alpha value is -3.67. The van der Waals surface area contributed by atoms with Crippen LogP contribution in [0.1, 0.15) is 23.6 Å². The fourth-order valence-corrected chi connectivity index (χ4v) is 5.12. The average Bonchev–Trinajstić information content (AvgIpc) is 3.36. The molecule has 8 heteroatoms. The smallest absolute Gasteiger partial charge is 0.274 e. The highest BCUT2D eigenvalue weighted by molar-refractivity contribution is 9.10. The zero-order valence-corrected chi connectivity index (χ0v) is 20.5. The highest BCUT2D eigenvalue weighted by atomic mass is 79.9. The molecule has 0 saturated heterocycles. The van der Waals surface area contributed by atoms with Gasteiger partial charge < -0.3 is 9.47 Å². The quantitative estimate of drug-likeness (QED) is 0.305. The molecule has 0 aliphatic carbocycles. The highest BCUT2D eigenvalue weighted by Crippen LogP contribution is 2.35. The topological polar surface area (TPSA) is 76.6 Å². The third kappa shape index (κ3) is 4.04. The lowest BCUT2D eigenvalue weighted by Crippen LogP contribution is -2.22. The lowest BCUT2D eigenvalue weighted by molar-refractivity contribution is 0.269. The van der Waals surface area contributed by atoms with Crippen molar-refractivity contribution in [1.82, 2.24) is 9.38 Å². The van der Waals surface area contributed by atoms with Gasteiger partial charge in [-0.1, -0.05) is 57.6 Å². The van der Waals surface area contributed by atoms with Crippen molar-refractivity contribution >= 4 is 49.3 Å². The number of para-hydroxylation sites is 2. The summed E-state index contributed by atoms with van der Waals surface area (Å²) in [7, 11) is 0. The fraction of sp³-hybridized carbons (Fsp3) is 0.115. The molecule has 168 valence electrons. The minimum atomic E-state index is -0.105. The predicted molar refractivity (Wildman–Crippen MR) is 136 cm³/mol. The van der Waals surface area contributed by atoms with Crippen LogP contribution in [-0.4, -0.2) is 16.0 Å². The van der Waals surface area contributed by atoms with Crippen LogP contribution in [0.2, 0.25) is 0 Å². The molecule has 0 amide bonds. The van der Waals surface area contributed by atoms with Crippen molar-refractivity contribution in [3.8, 4) is 17.6 Å². The maximum absolute atomic E-state index is 13.1. The fourth-order valence-electron chi connectivity index (χ4n) is 3.71. The number of rotatable bonds is 6. The molecule has 0 radical (unpaired) electrons. The number of hydrogen-bond acceptors (Lipinski definition) is 6. The van der Waals surface area contributed by atoms with E-state index in [-0.39, 0.29) is 12.2 Å². The van der Waals surface area contributed by atoms with Gasteiger partial charge in [-0.2, -0.15) is 5.26 Å². The van der Waals surface area contributed by atoms with Crippen molar-refractivity contribution in [1.29, 1.82) is 5.26 Å². The second-order valence-electron chi connectivity index (χ2n) is 7.45. The van der Waals surface area contributed by atoms with Crippen LogP contribution in [0.5, 0.6) is 11.5 Å². The van der Waals surface area contributed by atoms with Crippen molar-refractivity contribution < 1.29 is 9.47 Å². The van der Waals surface area contributed by atoms with Crippen LogP contribution in [0, 0.1) is 11.3 Å². The molecule has 0 aliphatic rings. The Morgan fingerprint density at radius 2 is 1.88 bits per heavy atom. The van der Waals surface area contributed by atoms with Gasteiger partial charge in [0.25, 0.3) is 5.56 Å². The molecule has 0 atom stereocenters. The molecule has 0 fully saturated rings. The van der Waals surface area contributed by atoms with Crippen molar-refractivity contribution in [2.24, 2.45) is 0 Å². The molecular weight excluding hydrogens is 514 g/mol. The van der Waals surface area contributed by atoms with E-state index in [4.69, 9.17) is 9.47 Å². The van der Waals surface area contributed by atoms with E-state index in [2.05, 4.69) is 27.0 Å². The molecule has 5 rings (SSSR count). The van der Waals surface area contributed by atoms with E-state index in [1.165, 1.54) is 11.3 Å². The summed E-state index contributed by atoms with van der Waals surface area (Å²) in [5.74, 6) is 1.11. The summed E-state index contributed by atoms with van der Waals surface area (Å²) in [4.78, 5) is 18.4. The highest BCUT2D eigenvalue weighted by Gasteiger charge is 2.14. The first-order valence-corrected chi connectivity index (χ1v) is 12.2. The summed E-state index contributed by atoms with van der Waals surface area (Å²) in [6, 6.07) is 20.8. The van der Waals surface area contributed by atoms with Gasteiger partial charge in [-0.15, -0.1) is 0 Å². The Morgan fingerprint density at radius 1 is 1.12 bits per heavy atom. The largest absolute Gasteiger partial charge is 0.490 e. The molecule has 2 aromatic heterocycles. The zero-order valence-electron chi connectivity index (χ0n) is 18.1. The number of nitriles is 1. The first kappa shape index (κ1) is 22.1. The van der Waals surface area contributed by atoms with E-state index in [0.29, 0.717) is 33.2 Å². The van der Waals surface area contributed by atoms with Crippen molar-refractivity contribution in [2.75, 3.05) is 6.61 Å². The van der Waals surface area contributed by atoms with Crippen LogP contribution in [0.15, 0.2) is 69.9 Å². The Morgan fingerprint density at radius 3 is 2.71 bits per heavy atom. The molecule has 0 bridgehead atoms. The summed E-state index contributed by atoms with van der Waals surface area (Å²) in [6.07, 6.45) is 1.83. The molecule has 6 nitrogen and oxygen atoms in total. The minimum Gasteiger partial charge on any atom is -0.490 e. The van der Waals surface area contributed by atoms with Gasteiger partial charge in [-0.25, -0.2) is 9.38 Å². The van der Waals surface area contributed by atoms with Crippen LogP contribution in [0.3, 0.4) is 0 Å². The zero-order chi connectivity index (χ0) is 23.7. The predicted octanol–water partition coefficient (Wildman–Crippen LogP) is 5.07. The second kappa shape index (κ2) is 9.29. The molecule has 3 aromatic carbocycles. The number of nitrogens with zero attached hydrogens (tertiary/aromatic N) is 3. The summed E-state index contributed by atoms with van der Waals surface area (Å²) in [5.41, 5.74) is 3.66. The first-order chi connectivity index (χ1) is 16.6. The molecule has 0 spiro atoms. The third-order valence-electron chi connectivity index (χ3n) is 5.32. The lowest BCUT2D eigenvalue weighted by atomic mass is 10.1. The Balaban J connectivity index is 1.53. The van der Waals surface area contributed by atoms with Gasteiger partial charge in [0.05, 0.1) is 33.8 Å². The van der Waals surface area contributed by atoms with Gasteiger partial charge in [0.15, 0.2) is 16.5 Å². The van der Waals surface area contributed by atoms with Crippen LogP contribution >= 0.6 is 27.3 Å². The van der Waals surface area contributed by atoms with E-state index in [9.17, 15) is 10.1 Å². The Labute approximate surface area is 207 Å². The number of imidazole rings is 1. The normalized spacial score (nSPS) is 11.7. The number of ether oxygens (including phenoxy) is 2. The standard InChI is InChI=1S/C26H18BrN3O3S/c1-2-32-22-11-18(19(27)13-23(22)33-15-17-8-4-3-7-16(17)14-28)12-24-25(31)30-21-10-6-5-9-20(21)29-26(30)34-24/h3-13H,2,15H2,1H3/b24-12-. The van der Waals surface area contributed by atoms with E-state index in [1.54, 1.807) is 10.5 Å². The van der Waals surface area contributed by atoms with Gasteiger partial charge in [0.1, 0.15) is 6.61 Å². The summed E-state index contributed by atoms with van der Waals surface area (Å²) in [6.45, 7) is 2.59. The number of fused-ring (bicyclic) bond motifs is 3. The number of halogens is 1. The lowest BCUT2D eigenvalue weighted by Gasteiger charge is -2.14. The number of aromatic nitrogens is 2. The first-order valence-electron chi connectivity index (χ1n) is 10.6. The van der Waals surface area contributed by atoms with Crippen molar-refractivity contribution in [2.45, 2.75) is 13.5 Å². The minimum absolute atomic E-state index is 0.105. The van der Waals surface area contributed by atoms with Gasteiger partial charge in [-0.05, 0) is 48.9 Å². The SMILES string of the molecule is CCOc1cc(/C=c2\sc3nc4ccccc4n3c2=O)c(Br)cc1OCc1ccccc1C#N. The maximum Gasteiger partial charge on any atom is 0.274 e. The molecule has 0 aliphatic heterocycles. The Kier molecular flexibility index (Phi) is 6.05. The van der Waals surface area contributed by atoms with Crippen LogP contribution < -0.4 is 19.6 Å². The van der Waals surface area contributed by atoms with Crippen LogP contribution in [0.25, 0.3) is 22.1 Å². The van der Waals surface area contributed by atoms with E-state index < -0.39 is 0 Å². The number of benzene rings is 3. The van der Waals surface area contributed by atoms with Gasteiger partial charge in [0.2, 0.25) is 0 Å². The monoisotopic (exact) mass is 531 g/mol. The Bertz CT molecular complexity index is 1680. The van der Waals surface area contributed by atoms with Gasteiger partial charge >= 0.3 is 0 Å². The summed E-state index contributed by atoms with van der Waals surface area (Å²) < 4.78 is 14.8. The average molecular weight is 532 g/mol. The van der Waals surface area contributed by atoms with E-state index >= 15 is 0 Å². The summed E-state index contributed by atoms with van der Waals surface area (Å²) in [5, 5.41) is 9.32. The molecule has 5 aromatic rings. The van der Waals surface area contributed by atoms with E-state index in [1.807, 2.05) is 67.6 Å². The van der Waals surface area contributed by atoms with Crippen molar-refractivity contribution in [3.63, 3.8) is 0 Å². The second-order valence-corrected chi connectivity index (χ2v) is 9.31. The molecule has 0 unspecified atom stereocenters.